The minimum Gasteiger partial charge on any atom is -0.377 e. The molecule has 0 aromatic carbocycles. The van der Waals surface area contributed by atoms with Crippen molar-refractivity contribution in [2.75, 3.05) is 27.2 Å². The van der Waals surface area contributed by atoms with Crippen molar-refractivity contribution in [2.45, 2.75) is 25.6 Å². The van der Waals surface area contributed by atoms with Crippen molar-refractivity contribution in [2.24, 2.45) is 0 Å². The molecule has 0 spiro atoms. The average Bonchev–Trinajstić information content (AvgIpc) is 2.89. The Morgan fingerprint density at radius 2 is 2.56 bits per heavy atom. The molecule has 1 saturated heterocycles. The monoisotopic (exact) mass is 225 g/mol. The maximum atomic E-state index is 5.15. The Morgan fingerprint density at radius 3 is 3.25 bits per heavy atom. The summed E-state index contributed by atoms with van der Waals surface area (Å²) < 4.78 is 10.1. The van der Waals surface area contributed by atoms with Crippen LogP contribution in [-0.2, 0) is 17.9 Å². The first-order valence-corrected chi connectivity index (χ1v) is 5.65. The third-order valence-corrected chi connectivity index (χ3v) is 2.96. The van der Waals surface area contributed by atoms with Crippen molar-refractivity contribution < 1.29 is 9.26 Å². The van der Waals surface area contributed by atoms with Gasteiger partial charge in [0.15, 0.2) is 5.76 Å². The molecule has 16 heavy (non-hydrogen) atoms. The Balaban J connectivity index is 1.84. The largest absolute Gasteiger partial charge is 0.377 e. The molecule has 2 rings (SSSR count). The fraction of sp³-hybridized carbons (Fsp3) is 0.727. The van der Waals surface area contributed by atoms with E-state index in [1.165, 1.54) is 6.42 Å². The van der Waals surface area contributed by atoms with Gasteiger partial charge in [0.05, 0.1) is 5.69 Å². The highest BCUT2D eigenvalue weighted by molar-refractivity contribution is 5.05. The molecular formula is C11H19N3O2. The number of aromatic nitrogens is 1. The quantitative estimate of drug-likeness (QED) is 0.796. The van der Waals surface area contributed by atoms with E-state index >= 15 is 0 Å². The van der Waals surface area contributed by atoms with Gasteiger partial charge < -0.3 is 14.6 Å². The predicted molar refractivity (Wildman–Crippen MR) is 60.0 cm³/mol. The Kier molecular flexibility index (Phi) is 3.93. The fourth-order valence-corrected chi connectivity index (χ4v) is 2.08. The van der Waals surface area contributed by atoms with Crippen LogP contribution in [-0.4, -0.2) is 43.3 Å². The number of likely N-dealkylation sites (N-methyl/N-ethyl adjacent to an activating group) is 1. The van der Waals surface area contributed by atoms with Gasteiger partial charge in [0.25, 0.3) is 0 Å². The van der Waals surface area contributed by atoms with Gasteiger partial charge in [-0.15, -0.1) is 0 Å². The zero-order chi connectivity index (χ0) is 11.4. The molecule has 0 bridgehead atoms. The molecular weight excluding hydrogens is 206 g/mol. The number of hydrogen-bond acceptors (Lipinski definition) is 5. The summed E-state index contributed by atoms with van der Waals surface area (Å²) in [5.74, 6) is 0.793. The van der Waals surface area contributed by atoms with E-state index in [0.717, 1.165) is 31.1 Å². The number of nitrogens with one attached hydrogen (secondary N) is 1. The number of rotatable bonds is 5. The molecule has 5 nitrogen and oxygen atoms in total. The van der Waals surface area contributed by atoms with Crippen molar-refractivity contribution in [3.05, 3.63) is 17.5 Å². The van der Waals surface area contributed by atoms with Gasteiger partial charge in [0.2, 0.25) is 0 Å². The van der Waals surface area contributed by atoms with Crippen LogP contribution in [0.15, 0.2) is 10.6 Å². The first-order valence-electron chi connectivity index (χ1n) is 5.65. The Morgan fingerprint density at radius 1 is 1.69 bits per heavy atom. The lowest BCUT2D eigenvalue weighted by atomic mass is 10.3. The van der Waals surface area contributed by atoms with Crippen LogP contribution in [0.2, 0.25) is 0 Å². The fourth-order valence-electron chi connectivity index (χ4n) is 2.08. The van der Waals surface area contributed by atoms with Gasteiger partial charge in [-0.25, -0.2) is 0 Å². The lowest BCUT2D eigenvalue weighted by molar-refractivity contribution is 0.155. The van der Waals surface area contributed by atoms with Crippen molar-refractivity contribution in [1.29, 1.82) is 0 Å². The molecule has 5 heteroatoms. The standard InChI is InChI=1S/C11H19N3O2/c1-12-9-3-4-14(6-9)7-10-5-11(8-15-2)16-13-10/h5,9,12H,3-4,6-8H2,1-2H3. The molecule has 1 unspecified atom stereocenters. The molecule has 1 fully saturated rings. The highest BCUT2D eigenvalue weighted by Gasteiger charge is 2.21. The van der Waals surface area contributed by atoms with Crippen molar-refractivity contribution in [1.82, 2.24) is 15.4 Å². The lowest BCUT2D eigenvalue weighted by Gasteiger charge is -2.13. The first-order chi connectivity index (χ1) is 7.81. The van der Waals surface area contributed by atoms with E-state index in [1.54, 1.807) is 7.11 Å². The minimum absolute atomic E-state index is 0.492. The van der Waals surface area contributed by atoms with E-state index in [0.29, 0.717) is 12.6 Å². The van der Waals surface area contributed by atoms with Crippen molar-refractivity contribution in [3.8, 4) is 0 Å². The zero-order valence-corrected chi connectivity index (χ0v) is 9.90. The molecule has 0 saturated carbocycles. The Labute approximate surface area is 95.7 Å². The second-order valence-corrected chi connectivity index (χ2v) is 4.23. The molecule has 0 radical (unpaired) electrons. The van der Waals surface area contributed by atoms with Crippen LogP contribution in [0.5, 0.6) is 0 Å². The molecule has 1 aromatic heterocycles. The van der Waals surface area contributed by atoms with Gasteiger partial charge in [-0.2, -0.15) is 0 Å². The number of methoxy groups -OCH3 is 1. The van der Waals surface area contributed by atoms with E-state index in [1.807, 2.05) is 13.1 Å². The van der Waals surface area contributed by atoms with Gasteiger partial charge in [0.1, 0.15) is 6.61 Å². The maximum absolute atomic E-state index is 5.15. The van der Waals surface area contributed by atoms with E-state index in [4.69, 9.17) is 9.26 Å². The zero-order valence-electron chi connectivity index (χ0n) is 9.90. The van der Waals surface area contributed by atoms with Crippen LogP contribution in [0.4, 0.5) is 0 Å². The number of ether oxygens (including phenoxy) is 1. The second-order valence-electron chi connectivity index (χ2n) is 4.23. The van der Waals surface area contributed by atoms with Gasteiger partial charge in [-0.05, 0) is 13.5 Å². The molecule has 90 valence electrons. The van der Waals surface area contributed by atoms with Crippen LogP contribution < -0.4 is 5.32 Å². The van der Waals surface area contributed by atoms with Crippen LogP contribution in [0.25, 0.3) is 0 Å². The van der Waals surface area contributed by atoms with Crippen LogP contribution >= 0.6 is 0 Å². The normalized spacial score (nSPS) is 21.8. The molecule has 0 amide bonds. The molecule has 1 aliphatic heterocycles. The summed E-state index contributed by atoms with van der Waals surface area (Å²) in [6, 6.07) is 2.58. The predicted octanol–water partition coefficient (Wildman–Crippen LogP) is 0.615. The molecule has 0 aliphatic carbocycles. The van der Waals surface area contributed by atoms with Crippen molar-refractivity contribution in [3.63, 3.8) is 0 Å². The van der Waals surface area contributed by atoms with Crippen LogP contribution in [0.3, 0.4) is 0 Å². The summed E-state index contributed by atoms with van der Waals surface area (Å²) in [6.45, 7) is 3.57. The van der Waals surface area contributed by atoms with E-state index in [2.05, 4.69) is 15.4 Å². The second kappa shape index (κ2) is 5.43. The Bertz CT molecular complexity index is 327. The topological polar surface area (TPSA) is 50.5 Å². The summed E-state index contributed by atoms with van der Waals surface area (Å²) in [5.41, 5.74) is 0.990. The number of nitrogens with zero attached hydrogens (tertiary/aromatic N) is 2. The van der Waals surface area contributed by atoms with E-state index < -0.39 is 0 Å². The summed E-state index contributed by atoms with van der Waals surface area (Å²) in [4.78, 5) is 2.38. The van der Waals surface area contributed by atoms with Gasteiger partial charge in [0, 0.05) is 38.9 Å². The van der Waals surface area contributed by atoms with Crippen molar-refractivity contribution >= 4 is 0 Å². The maximum Gasteiger partial charge on any atom is 0.162 e. The smallest absolute Gasteiger partial charge is 0.162 e. The molecule has 1 N–H and O–H groups in total. The van der Waals surface area contributed by atoms with E-state index in [9.17, 15) is 0 Å². The molecule has 2 heterocycles. The third kappa shape index (κ3) is 2.81. The SMILES string of the molecule is CNC1CCN(Cc2cc(COC)on2)C1. The molecule has 1 atom stereocenters. The minimum atomic E-state index is 0.492. The third-order valence-electron chi connectivity index (χ3n) is 2.96. The van der Waals surface area contributed by atoms with Gasteiger partial charge in [-0.1, -0.05) is 5.16 Å². The summed E-state index contributed by atoms with van der Waals surface area (Å²) >= 11 is 0. The summed E-state index contributed by atoms with van der Waals surface area (Å²) in [6.07, 6.45) is 1.21. The number of likely N-dealkylation sites (tertiary alicyclic amines) is 1. The molecule has 1 aromatic rings. The van der Waals surface area contributed by atoms with E-state index in [-0.39, 0.29) is 0 Å². The Hall–Kier alpha value is -0.910. The first kappa shape index (κ1) is 11.6. The van der Waals surface area contributed by atoms with Crippen LogP contribution in [0.1, 0.15) is 17.9 Å². The summed E-state index contributed by atoms with van der Waals surface area (Å²) in [5, 5.41) is 7.33. The lowest BCUT2D eigenvalue weighted by Crippen LogP contribution is -2.29. The average molecular weight is 225 g/mol. The van der Waals surface area contributed by atoms with Crippen LogP contribution in [0, 0.1) is 0 Å². The van der Waals surface area contributed by atoms with Gasteiger partial charge >= 0.3 is 0 Å². The number of hydrogen-bond donors (Lipinski definition) is 1. The summed E-state index contributed by atoms with van der Waals surface area (Å²) in [7, 11) is 3.67. The van der Waals surface area contributed by atoms with Gasteiger partial charge in [-0.3, -0.25) is 4.90 Å². The highest BCUT2D eigenvalue weighted by atomic mass is 16.5. The molecule has 1 aliphatic rings. The highest BCUT2D eigenvalue weighted by Crippen LogP contribution is 2.13.